The highest BCUT2D eigenvalue weighted by molar-refractivity contribution is 5.82. The first kappa shape index (κ1) is 7.46. The molecule has 1 heterocycles. The Morgan fingerprint density at radius 1 is 1.40 bits per heavy atom. The monoisotopic (exact) mass is 147 g/mol. The van der Waals surface area contributed by atoms with E-state index < -0.39 is 24.2 Å². The summed E-state index contributed by atoms with van der Waals surface area (Å²) in [5.74, 6) is -0.641. The molecule has 3 atom stereocenters. The van der Waals surface area contributed by atoms with Crippen molar-refractivity contribution in [1.29, 1.82) is 0 Å². The SMILES string of the molecule is O=C1NC[C@H](O)[C@@H](O)[C@@H]1O. The Morgan fingerprint density at radius 2 is 2.00 bits per heavy atom. The number of β-amino-alcohol motifs (C(OH)–C–C–N with tert-alkyl or cyclic N) is 1. The van der Waals surface area contributed by atoms with Crippen LogP contribution in [-0.2, 0) is 4.79 Å². The lowest BCUT2D eigenvalue weighted by molar-refractivity contribution is -0.148. The van der Waals surface area contributed by atoms with E-state index in [1.165, 1.54) is 0 Å². The molecule has 1 rings (SSSR count). The fourth-order valence-corrected chi connectivity index (χ4v) is 0.796. The van der Waals surface area contributed by atoms with E-state index in [9.17, 15) is 4.79 Å². The highest BCUT2D eigenvalue weighted by Gasteiger charge is 2.34. The van der Waals surface area contributed by atoms with Gasteiger partial charge in [-0.3, -0.25) is 4.79 Å². The lowest BCUT2D eigenvalue weighted by atomic mass is 10.0. The number of rotatable bonds is 0. The molecule has 5 heteroatoms. The van der Waals surface area contributed by atoms with Crippen LogP contribution >= 0.6 is 0 Å². The molecular weight excluding hydrogens is 138 g/mol. The number of carbonyl (C=O) groups is 1. The molecule has 0 bridgehead atoms. The van der Waals surface area contributed by atoms with E-state index in [4.69, 9.17) is 15.3 Å². The van der Waals surface area contributed by atoms with Crippen LogP contribution < -0.4 is 5.32 Å². The van der Waals surface area contributed by atoms with Crippen molar-refractivity contribution in [3.63, 3.8) is 0 Å². The van der Waals surface area contributed by atoms with Crippen molar-refractivity contribution >= 4 is 5.91 Å². The summed E-state index contributed by atoms with van der Waals surface area (Å²) in [4.78, 5) is 10.5. The quantitative estimate of drug-likeness (QED) is 0.298. The summed E-state index contributed by atoms with van der Waals surface area (Å²) < 4.78 is 0. The average molecular weight is 147 g/mol. The number of amides is 1. The minimum atomic E-state index is -1.50. The fraction of sp³-hybridized carbons (Fsp3) is 0.800. The zero-order valence-electron chi connectivity index (χ0n) is 5.19. The van der Waals surface area contributed by atoms with Gasteiger partial charge < -0.3 is 20.6 Å². The molecule has 58 valence electrons. The van der Waals surface area contributed by atoms with Gasteiger partial charge in [0, 0.05) is 6.54 Å². The van der Waals surface area contributed by atoms with E-state index in [1.807, 2.05) is 0 Å². The van der Waals surface area contributed by atoms with Gasteiger partial charge in [0.2, 0.25) is 0 Å². The van der Waals surface area contributed by atoms with Crippen LogP contribution in [0.3, 0.4) is 0 Å². The Labute approximate surface area is 57.3 Å². The summed E-state index contributed by atoms with van der Waals surface area (Å²) in [6.07, 6.45) is -3.91. The average Bonchev–Trinajstić information content (AvgIpc) is 1.93. The van der Waals surface area contributed by atoms with Gasteiger partial charge in [0.1, 0.15) is 12.2 Å². The topological polar surface area (TPSA) is 89.8 Å². The van der Waals surface area contributed by atoms with E-state index in [2.05, 4.69) is 5.32 Å². The third kappa shape index (κ3) is 1.11. The Hall–Kier alpha value is -0.650. The van der Waals surface area contributed by atoms with E-state index >= 15 is 0 Å². The molecule has 1 aliphatic heterocycles. The van der Waals surface area contributed by atoms with Gasteiger partial charge in [0.15, 0.2) is 6.10 Å². The fourth-order valence-electron chi connectivity index (χ4n) is 0.796. The van der Waals surface area contributed by atoms with Gasteiger partial charge in [0.05, 0.1) is 0 Å². The van der Waals surface area contributed by atoms with Crippen molar-refractivity contribution in [1.82, 2.24) is 5.32 Å². The molecule has 0 radical (unpaired) electrons. The van der Waals surface area contributed by atoms with E-state index in [0.29, 0.717) is 0 Å². The molecule has 0 unspecified atom stereocenters. The molecule has 5 nitrogen and oxygen atoms in total. The van der Waals surface area contributed by atoms with Gasteiger partial charge in [-0.1, -0.05) is 0 Å². The molecule has 0 aliphatic carbocycles. The minimum Gasteiger partial charge on any atom is -0.388 e. The number of nitrogens with one attached hydrogen (secondary N) is 1. The molecule has 10 heavy (non-hydrogen) atoms. The first-order valence-corrected chi connectivity index (χ1v) is 2.95. The first-order chi connectivity index (χ1) is 4.63. The normalized spacial score (nSPS) is 41.1. The van der Waals surface area contributed by atoms with Crippen LogP contribution in [0.2, 0.25) is 0 Å². The second-order valence-corrected chi connectivity index (χ2v) is 2.25. The van der Waals surface area contributed by atoms with Gasteiger partial charge in [-0.15, -0.1) is 0 Å². The van der Waals surface area contributed by atoms with Gasteiger partial charge in [-0.25, -0.2) is 0 Å². The van der Waals surface area contributed by atoms with Gasteiger partial charge in [0.25, 0.3) is 5.91 Å². The molecule has 0 spiro atoms. The Morgan fingerprint density at radius 3 is 2.50 bits per heavy atom. The minimum absolute atomic E-state index is 0.00292. The third-order valence-corrected chi connectivity index (χ3v) is 1.47. The number of carbonyl (C=O) groups excluding carboxylic acids is 1. The second kappa shape index (κ2) is 2.53. The number of piperidine rings is 1. The maximum Gasteiger partial charge on any atom is 0.251 e. The molecule has 0 saturated carbocycles. The van der Waals surface area contributed by atoms with Crippen LogP contribution in [-0.4, -0.2) is 46.1 Å². The van der Waals surface area contributed by atoms with Gasteiger partial charge in [-0.2, -0.15) is 0 Å². The number of aliphatic hydroxyl groups excluding tert-OH is 3. The molecular formula is C5H9NO4. The standard InChI is InChI=1S/C5H9NO4/c7-2-1-6-5(10)4(9)3(2)8/h2-4,7-9H,1H2,(H,6,10)/t2-,3+,4-/m0/s1. The van der Waals surface area contributed by atoms with Gasteiger partial charge in [-0.05, 0) is 0 Å². The van der Waals surface area contributed by atoms with Crippen molar-refractivity contribution in [3.05, 3.63) is 0 Å². The van der Waals surface area contributed by atoms with Crippen molar-refractivity contribution in [2.75, 3.05) is 6.54 Å². The largest absolute Gasteiger partial charge is 0.388 e. The van der Waals surface area contributed by atoms with Crippen molar-refractivity contribution in [2.24, 2.45) is 0 Å². The molecule has 4 N–H and O–H groups in total. The van der Waals surface area contributed by atoms with Crippen LogP contribution in [0.15, 0.2) is 0 Å². The summed E-state index contributed by atoms with van der Waals surface area (Å²) >= 11 is 0. The lowest BCUT2D eigenvalue weighted by Crippen LogP contribution is -2.57. The molecule has 1 aliphatic rings. The molecule has 1 fully saturated rings. The summed E-state index contributed by atoms with van der Waals surface area (Å²) in [6, 6.07) is 0. The maximum absolute atomic E-state index is 10.5. The summed E-state index contributed by atoms with van der Waals surface area (Å²) in [5.41, 5.74) is 0. The lowest BCUT2D eigenvalue weighted by Gasteiger charge is -2.27. The van der Waals surface area contributed by atoms with E-state index in [0.717, 1.165) is 0 Å². The van der Waals surface area contributed by atoms with Crippen LogP contribution in [0.5, 0.6) is 0 Å². The number of aliphatic hydroxyl groups is 3. The second-order valence-electron chi connectivity index (χ2n) is 2.25. The maximum atomic E-state index is 10.5. The van der Waals surface area contributed by atoms with Crippen LogP contribution in [0.4, 0.5) is 0 Å². The predicted molar refractivity (Wildman–Crippen MR) is 31.0 cm³/mol. The highest BCUT2D eigenvalue weighted by atomic mass is 16.4. The smallest absolute Gasteiger partial charge is 0.251 e. The molecule has 0 aromatic carbocycles. The van der Waals surface area contributed by atoms with Crippen LogP contribution in [0.25, 0.3) is 0 Å². The Balaban J connectivity index is 2.60. The molecule has 1 saturated heterocycles. The third-order valence-electron chi connectivity index (χ3n) is 1.47. The number of hydrogen-bond donors (Lipinski definition) is 4. The van der Waals surface area contributed by atoms with Crippen molar-refractivity contribution in [2.45, 2.75) is 18.3 Å². The molecule has 0 aromatic heterocycles. The van der Waals surface area contributed by atoms with Gasteiger partial charge >= 0.3 is 0 Å². The summed E-state index contributed by atoms with van der Waals surface area (Å²) in [5, 5.41) is 28.7. The van der Waals surface area contributed by atoms with Crippen molar-refractivity contribution in [3.8, 4) is 0 Å². The Kier molecular flexibility index (Phi) is 1.89. The summed E-state index contributed by atoms with van der Waals surface area (Å²) in [7, 11) is 0. The van der Waals surface area contributed by atoms with Crippen LogP contribution in [0, 0.1) is 0 Å². The van der Waals surface area contributed by atoms with E-state index in [-0.39, 0.29) is 6.54 Å². The summed E-state index contributed by atoms with van der Waals surface area (Å²) in [6.45, 7) is -0.00292. The van der Waals surface area contributed by atoms with Crippen LogP contribution in [0.1, 0.15) is 0 Å². The van der Waals surface area contributed by atoms with Crippen molar-refractivity contribution < 1.29 is 20.1 Å². The molecule has 0 aromatic rings. The highest BCUT2D eigenvalue weighted by Crippen LogP contribution is 2.04. The zero-order chi connectivity index (χ0) is 7.72. The van der Waals surface area contributed by atoms with E-state index in [1.54, 1.807) is 0 Å². The predicted octanol–water partition coefficient (Wildman–Crippen LogP) is -2.80. The number of hydrogen-bond acceptors (Lipinski definition) is 4. The Bertz CT molecular complexity index is 149. The molecule has 1 amide bonds. The zero-order valence-corrected chi connectivity index (χ0v) is 5.19. The first-order valence-electron chi connectivity index (χ1n) is 2.95.